The molecule has 5 heteroatoms. The Bertz CT molecular complexity index is 434. The van der Waals surface area contributed by atoms with Gasteiger partial charge in [-0.2, -0.15) is 0 Å². The van der Waals surface area contributed by atoms with Crippen molar-refractivity contribution in [2.75, 3.05) is 16.8 Å². The minimum atomic E-state index is 0.0644. The van der Waals surface area contributed by atoms with Crippen molar-refractivity contribution in [3.05, 3.63) is 16.7 Å². The molecule has 0 atom stereocenters. The quantitative estimate of drug-likeness (QED) is 0.867. The van der Waals surface area contributed by atoms with E-state index in [1.165, 1.54) is 0 Å². The highest BCUT2D eigenvalue weighted by Gasteiger charge is 2.20. The van der Waals surface area contributed by atoms with E-state index < -0.39 is 0 Å². The van der Waals surface area contributed by atoms with E-state index in [-0.39, 0.29) is 5.91 Å². The zero-order valence-corrected chi connectivity index (χ0v) is 11.6. The minimum Gasteiger partial charge on any atom is -0.352 e. The number of nitrogens with one attached hydrogen (secondary N) is 1. The largest absolute Gasteiger partial charge is 0.352 e. The Morgan fingerprint density at radius 2 is 2.29 bits per heavy atom. The lowest BCUT2D eigenvalue weighted by atomic mass is 10.2. The first-order valence-corrected chi connectivity index (χ1v) is 6.59. The van der Waals surface area contributed by atoms with Gasteiger partial charge in [-0.05, 0) is 42.3 Å². The van der Waals surface area contributed by atoms with Gasteiger partial charge in [0.2, 0.25) is 5.91 Å². The first-order valence-electron chi connectivity index (χ1n) is 5.80. The Kier molecular flexibility index (Phi) is 3.66. The van der Waals surface area contributed by atoms with Gasteiger partial charge in [-0.25, -0.2) is 4.98 Å². The van der Waals surface area contributed by atoms with E-state index in [0.29, 0.717) is 12.5 Å². The Balaban J connectivity index is 2.44. The highest BCUT2D eigenvalue weighted by molar-refractivity contribution is 9.10. The summed E-state index contributed by atoms with van der Waals surface area (Å²) in [4.78, 5) is 18.3. The van der Waals surface area contributed by atoms with Crippen LogP contribution in [0.15, 0.2) is 16.7 Å². The number of amides is 1. The zero-order valence-electron chi connectivity index (χ0n) is 10.0. The van der Waals surface area contributed by atoms with Crippen molar-refractivity contribution in [3.63, 3.8) is 0 Å². The molecule has 0 radical (unpaired) electrons. The molecule has 0 unspecified atom stereocenters. The van der Waals surface area contributed by atoms with Crippen LogP contribution in [0.2, 0.25) is 0 Å². The molecular weight excluding hydrogens is 282 g/mol. The van der Waals surface area contributed by atoms with E-state index in [1.54, 1.807) is 6.20 Å². The van der Waals surface area contributed by atoms with Gasteiger partial charge in [0.05, 0.1) is 5.69 Å². The molecule has 2 rings (SSSR count). The molecule has 0 aromatic carbocycles. The highest BCUT2D eigenvalue weighted by Crippen LogP contribution is 2.29. The second-order valence-corrected chi connectivity index (χ2v) is 5.38. The third kappa shape index (κ3) is 2.77. The predicted octanol–water partition coefficient (Wildman–Crippen LogP) is 2.79. The Morgan fingerprint density at radius 1 is 1.53 bits per heavy atom. The van der Waals surface area contributed by atoms with Gasteiger partial charge in [0, 0.05) is 29.7 Å². The van der Waals surface area contributed by atoms with Crippen molar-refractivity contribution >= 4 is 33.3 Å². The van der Waals surface area contributed by atoms with Gasteiger partial charge in [0.1, 0.15) is 0 Å². The molecule has 0 spiro atoms. The molecule has 1 aromatic rings. The van der Waals surface area contributed by atoms with E-state index in [4.69, 9.17) is 0 Å². The summed E-state index contributed by atoms with van der Waals surface area (Å²) >= 11 is 3.38. The smallest absolute Gasteiger partial charge is 0.224 e. The van der Waals surface area contributed by atoms with Crippen molar-refractivity contribution in [3.8, 4) is 0 Å². The molecule has 17 heavy (non-hydrogen) atoms. The van der Waals surface area contributed by atoms with Gasteiger partial charge >= 0.3 is 0 Å². The first-order chi connectivity index (χ1) is 8.08. The lowest BCUT2D eigenvalue weighted by molar-refractivity contribution is -0.116. The molecular formula is C12H16BrN3O. The van der Waals surface area contributed by atoms with E-state index in [9.17, 15) is 4.79 Å². The van der Waals surface area contributed by atoms with E-state index >= 15 is 0 Å². The molecule has 1 aliphatic heterocycles. The average molecular weight is 298 g/mol. The molecule has 92 valence electrons. The van der Waals surface area contributed by atoms with Gasteiger partial charge in [-0.3, -0.25) is 4.79 Å². The van der Waals surface area contributed by atoms with Crippen molar-refractivity contribution in [1.29, 1.82) is 0 Å². The Morgan fingerprint density at radius 3 is 3.00 bits per heavy atom. The van der Waals surface area contributed by atoms with Gasteiger partial charge in [-0.15, -0.1) is 0 Å². The van der Waals surface area contributed by atoms with E-state index in [1.807, 2.05) is 6.07 Å². The minimum absolute atomic E-state index is 0.0644. The normalized spacial score (nSPS) is 16.2. The van der Waals surface area contributed by atoms with Crippen LogP contribution in [0.1, 0.15) is 26.7 Å². The van der Waals surface area contributed by atoms with E-state index in [2.05, 4.69) is 45.0 Å². The number of hydrogen-bond donors (Lipinski definition) is 1. The number of carbonyl (C=O) groups excluding carboxylic acids is 1. The third-order valence-electron chi connectivity index (χ3n) is 2.81. The van der Waals surface area contributed by atoms with Crippen molar-refractivity contribution in [2.24, 2.45) is 0 Å². The van der Waals surface area contributed by atoms with E-state index in [0.717, 1.165) is 28.9 Å². The molecule has 1 aromatic heterocycles. The van der Waals surface area contributed by atoms with Crippen LogP contribution in [0.5, 0.6) is 0 Å². The zero-order chi connectivity index (χ0) is 12.4. The first kappa shape index (κ1) is 12.4. The molecule has 2 heterocycles. The van der Waals surface area contributed by atoms with Crippen molar-refractivity contribution in [2.45, 2.75) is 32.7 Å². The van der Waals surface area contributed by atoms with Gasteiger partial charge in [0.25, 0.3) is 0 Å². The highest BCUT2D eigenvalue weighted by atomic mass is 79.9. The lowest BCUT2D eigenvalue weighted by Gasteiger charge is -2.31. The number of rotatable bonds is 1. The fraction of sp³-hybridized carbons (Fsp3) is 0.500. The van der Waals surface area contributed by atoms with Crippen LogP contribution in [0, 0.1) is 0 Å². The fourth-order valence-corrected chi connectivity index (χ4v) is 2.32. The molecule has 0 fully saturated rings. The average Bonchev–Trinajstić information content (AvgIpc) is 2.22. The van der Waals surface area contributed by atoms with Crippen LogP contribution in [-0.4, -0.2) is 23.5 Å². The number of carbonyl (C=O) groups is 1. The molecule has 0 saturated heterocycles. The van der Waals surface area contributed by atoms with Crippen LogP contribution in [-0.2, 0) is 4.79 Å². The summed E-state index contributed by atoms with van der Waals surface area (Å²) in [7, 11) is 0. The molecule has 1 amide bonds. The fourth-order valence-electron chi connectivity index (χ4n) is 1.98. The van der Waals surface area contributed by atoms with Gasteiger partial charge in [0.15, 0.2) is 5.82 Å². The summed E-state index contributed by atoms with van der Waals surface area (Å²) in [6, 6.07) is 2.28. The standard InChI is InChI=1S/C12H16BrN3O/c1-8(2)16-5-3-4-11(17)15-10-6-9(13)7-14-12(10)16/h6-8H,3-5H2,1-2H3,(H,15,17). The van der Waals surface area contributed by atoms with Gasteiger partial charge < -0.3 is 10.2 Å². The number of hydrogen-bond acceptors (Lipinski definition) is 3. The number of pyridine rings is 1. The SMILES string of the molecule is CC(C)N1CCCC(=O)Nc2cc(Br)cnc21. The van der Waals surface area contributed by atoms with Crippen molar-refractivity contribution < 1.29 is 4.79 Å². The molecule has 4 nitrogen and oxygen atoms in total. The van der Waals surface area contributed by atoms with Crippen LogP contribution < -0.4 is 10.2 Å². The van der Waals surface area contributed by atoms with Gasteiger partial charge in [-0.1, -0.05) is 0 Å². The van der Waals surface area contributed by atoms with Crippen LogP contribution in [0.25, 0.3) is 0 Å². The topological polar surface area (TPSA) is 45.2 Å². The summed E-state index contributed by atoms with van der Waals surface area (Å²) in [5, 5.41) is 2.91. The summed E-state index contributed by atoms with van der Waals surface area (Å²) in [6.07, 6.45) is 3.19. The lowest BCUT2D eigenvalue weighted by Crippen LogP contribution is -2.35. The summed E-state index contributed by atoms with van der Waals surface area (Å²) < 4.78 is 0.876. The monoisotopic (exact) mass is 297 g/mol. The maximum atomic E-state index is 11.6. The maximum Gasteiger partial charge on any atom is 0.224 e. The number of aromatic nitrogens is 1. The molecule has 0 bridgehead atoms. The van der Waals surface area contributed by atoms with Crippen molar-refractivity contribution in [1.82, 2.24) is 4.98 Å². The number of halogens is 1. The van der Waals surface area contributed by atoms with Crippen LogP contribution >= 0.6 is 15.9 Å². The molecule has 1 aliphatic rings. The van der Waals surface area contributed by atoms with Crippen LogP contribution in [0.4, 0.5) is 11.5 Å². The Labute approximate surface area is 110 Å². The number of fused-ring (bicyclic) bond motifs is 1. The maximum absolute atomic E-state index is 11.6. The second kappa shape index (κ2) is 5.04. The Hall–Kier alpha value is -1.10. The number of nitrogens with zero attached hydrogens (tertiary/aromatic N) is 2. The molecule has 0 saturated carbocycles. The molecule has 0 aliphatic carbocycles. The summed E-state index contributed by atoms with van der Waals surface area (Å²) in [5.74, 6) is 0.922. The molecule has 1 N–H and O–H groups in total. The predicted molar refractivity (Wildman–Crippen MR) is 72.3 cm³/mol. The summed E-state index contributed by atoms with van der Waals surface area (Å²) in [6.45, 7) is 5.14. The van der Waals surface area contributed by atoms with Crippen LogP contribution in [0.3, 0.4) is 0 Å². The third-order valence-corrected chi connectivity index (χ3v) is 3.24. The second-order valence-electron chi connectivity index (χ2n) is 4.46. The number of anilines is 2. The summed E-state index contributed by atoms with van der Waals surface area (Å²) in [5.41, 5.74) is 0.790.